The smallest absolute Gasteiger partial charge is 0.251 e. The van der Waals surface area contributed by atoms with Crippen LogP contribution in [0.1, 0.15) is 43.9 Å². The number of amides is 1. The van der Waals surface area contributed by atoms with Crippen LogP contribution in [0.25, 0.3) is 0 Å². The Hall–Kier alpha value is -2.24. The lowest BCUT2D eigenvalue weighted by Gasteiger charge is -2.21. The zero-order valence-corrected chi connectivity index (χ0v) is 18.8. The van der Waals surface area contributed by atoms with Crippen molar-refractivity contribution in [2.24, 2.45) is 0 Å². The van der Waals surface area contributed by atoms with E-state index in [2.05, 4.69) is 20.2 Å². The third-order valence-corrected chi connectivity index (χ3v) is 6.03. The van der Waals surface area contributed by atoms with E-state index in [9.17, 15) is 13.2 Å². The molecule has 29 heavy (non-hydrogen) atoms. The fraction of sp³-hybridized carbons (Fsp3) is 0.500. The Balaban J connectivity index is 2.17. The lowest BCUT2D eigenvalue weighted by molar-refractivity contribution is 0.0953. The number of nitrogens with one attached hydrogen (secondary N) is 3. The van der Waals surface area contributed by atoms with Crippen LogP contribution >= 0.6 is 12.2 Å². The highest BCUT2D eigenvalue weighted by atomic mass is 32.2. The third-order valence-electron chi connectivity index (χ3n) is 3.94. The number of H-pyrrole nitrogens is 1. The van der Waals surface area contributed by atoms with E-state index in [0.717, 1.165) is 5.82 Å². The molecule has 2 aromatic rings. The molecule has 0 fully saturated rings. The molecule has 0 aliphatic rings. The van der Waals surface area contributed by atoms with Crippen molar-refractivity contribution in [3.8, 4) is 5.75 Å². The SMILES string of the molecule is CCn1c(CCNC(=O)c2ccc(OC)c(S(=O)(=O)NC(C)(C)C)c2)n[nH]c1=S. The van der Waals surface area contributed by atoms with Crippen LogP contribution in [0.5, 0.6) is 5.75 Å². The number of benzene rings is 1. The maximum Gasteiger partial charge on any atom is 0.251 e. The van der Waals surface area contributed by atoms with Crippen LogP contribution < -0.4 is 14.8 Å². The molecular weight excluding hydrogens is 414 g/mol. The van der Waals surface area contributed by atoms with Gasteiger partial charge in [-0.05, 0) is 58.1 Å². The van der Waals surface area contributed by atoms with E-state index in [1.165, 1.54) is 25.3 Å². The molecule has 11 heteroatoms. The summed E-state index contributed by atoms with van der Waals surface area (Å²) in [4.78, 5) is 12.4. The highest BCUT2D eigenvalue weighted by Crippen LogP contribution is 2.26. The minimum Gasteiger partial charge on any atom is -0.495 e. The van der Waals surface area contributed by atoms with Gasteiger partial charge >= 0.3 is 0 Å². The molecule has 9 nitrogen and oxygen atoms in total. The Morgan fingerprint density at radius 1 is 1.34 bits per heavy atom. The molecule has 0 spiro atoms. The van der Waals surface area contributed by atoms with Gasteiger partial charge in [0.15, 0.2) is 4.77 Å². The van der Waals surface area contributed by atoms with Crippen LogP contribution in [-0.4, -0.2) is 48.3 Å². The van der Waals surface area contributed by atoms with Crippen molar-refractivity contribution in [3.05, 3.63) is 34.4 Å². The molecule has 0 atom stereocenters. The molecule has 0 aliphatic heterocycles. The summed E-state index contributed by atoms with van der Waals surface area (Å²) in [6.07, 6.45) is 0.486. The van der Waals surface area contributed by atoms with Crippen molar-refractivity contribution in [3.63, 3.8) is 0 Å². The summed E-state index contributed by atoms with van der Waals surface area (Å²) >= 11 is 5.14. The highest BCUT2D eigenvalue weighted by molar-refractivity contribution is 7.89. The van der Waals surface area contributed by atoms with E-state index in [0.29, 0.717) is 24.3 Å². The summed E-state index contributed by atoms with van der Waals surface area (Å²) in [5, 5.41) is 9.65. The summed E-state index contributed by atoms with van der Waals surface area (Å²) in [6.45, 7) is 8.17. The Morgan fingerprint density at radius 2 is 2.03 bits per heavy atom. The summed E-state index contributed by atoms with van der Waals surface area (Å²) < 4.78 is 35.6. The van der Waals surface area contributed by atoms with Gasteiger partial charge in [-0.25, -0.2) is 13.1 Å². The number of sulfonamides is 1. The average molecular weight is 442 g/mol. The number of hydrogen-bond acceptors (Lipinski definition) is 6. The highest BCUT2D eigenvalue weighted by Gasteiger charge is 2.26. The van der Waals surface area contributed by atoms with Crippen LogP contribution in [0.3, 0.4) is 0 Å². The minimum absolute atomic E-state index is 0.0885. The van der Waals surface area contributed by atoms with Crippen LogP contribution in [0, 0.1) is 4.77 Å². The lowest BCUT2D eigenvalue weighted by atomic mass is 10.1. The van der Waals surface area contributed by atoms with Crippen LogP contribution in [0.2, 0.25) is 0 Å². The predicted octanol–water partition coefficient (Wildman–Crippen LogP) is 2.02. The minimum atomic E-state index is -3.87. The fourth-order valence-electron chi connectivity index (χ4n) is 2.74. The van der Waals surface area contributed by atoms with Gasteiger partial charge in [-0.3, -0.25) is 9.89 Å². The zero-order chi connectivity index (χ0) is 21.8. The standard InChI is InChI=1S/C18H27N5O4S2/c1-6-23-15(20-21-17(23)28)9-10-19-16(24)12-7-8-13(27-5)14(11-12)29(25,26)22-18(2,3)4/h7-8,11,22H,6,9-10H2,1-5H3,(H,19,24)(H,21,28). The first-order chi connectivity index (χ1) is 13.5. The van der Waals surface area contributed by atoms with Gasteiger partial charge in [-0.15, -0.1) is 0 Å². The topological polar surface area (TPSA) is 118 Å². The summed E-state index contributed by atoms with van der Waals surface area (Å²) in [6, 6.07) is 4.30. The van der Waals surface area contributed by atoms with Crippen LogP contribution in [0.15, 0.2) is 23.1 Å². The van der Waals surface area contributed by atoms with E-state index >= 15 is 0 Å². The van der Waals surface area contributed by atoms with E-state index in [4.69, 9.17) is 17.0 Å². The lowest BCUT2D eigenvalue weighted by Crippen LogP contribution is -2.40. The Morgan fingerprint density at radius 3 is 2.62 bits per heavy atom. The van der Waals surface area contributed by atoms with Gasteiger partial charge in [0.1, 0.15) is 16.5 Å². The van der Waals surface area contributed by atoms with Crippen molar-refractivity contribution in [2.45, 2.75) is 51.1 Å². The first-order valence-electron chi connectivity index (χ1n) is 9.13. The van der Waals surface area contributed by atoms with Gasteiger partial charge in [-0.2, -0.15) is 5.10 Å². The number of methoxy groups -OCH3 is 1. The predicted molar refractivity (Wildman–Crippen MR) is 112 cm³/mol. The maximum absolute atomic E-state index is 12.7. The molecular formula is C18H27N5O4S2. The fourth-order valence-corrected chi connectivity index (χ4v) is 4.64. The van der Waals surface area contributed by atoms with Gasteiger partial charge in [0.2, 0.25) is 10.0 Å². The number of ether oxygens (including phenoxy) is 1. The van der Waals surface area contributed by atoms with Gasteiger partial charge < -0.3 is 14.6 Å². The summed E-state index contributed by atoms with van der Waals surface area (Å²) in [7, 11) is -2.49. The average Bonchev–Trinajstić information content (AvgIpc) is 2.98. The van der Waals surface area contributed by atoms with E-state index in [-0.39, 0.29) is 16.2 Å². The van der Waals surface area contributed by atoms with Crippen LogP contribution in [0.4, 0.5) is 0 Å². The summed E-state index contributed by atoms with van der Waals surface area (Å²) in [5.74, 6) is 0.513. The normalized spacial score (nSPS) is 12.0. The van der Waals surface area contributed by atoms with Gasteiger partial charge in [0, 0.05) is 30.6 Å². The van der Waals surface area contributed by atoms with Crippen molar-refractivity contribution in [2.75, 3.05) is 13.7 Å². The molecule has 0 radical (unpaired) electrons. The molecule has 0 saturated heterocycles. The second kappa shape index (κ2) is 9.06. The number of hydrogen-bond donors (Lipinski definition) is 3. The van der Waals surface area contributed by atoms with E-state index < -0.39 is 21.5 Å². The second-order valence-electron chi connectivity index (χ2n) is 7.42. The number of nitrogens with zero attached hydrogens (tertiary/aromatic N) is 2. The molecule has 0 unspecified atom stereocenters. The number of carbonyl (C=O) groups excluding carboxylic acids is 1. The van der Waals surface area contributed by atoms with Crippen LogP contribution in [-0.2, 0) is 23.0 Å². The number of aromatic amines is 1. The van der Waals surface area contributed by atoms with E-state index in [1.54, 1.807) is 20.8 Å². The maximum atomic E-state index is 12.7. The molecule has 0 bridgehead atoms. The molecule has 1 aromatic carbocycles. The first kappa shape index (κ1) is 23.0. The quantitative estimate of drug-likeness (QED) is 0.540. The van der Waals surface area contributed by atoms with Crippen molar-refractivity contribution in [1.82, 2.24) is 24.8 Å². The number of rotatable bonds is 8. The molecule has 3 N–H and O–H groups in total. The van der Waals surface area contributed by atoms with Crippen molar-refractivity contribution < 1.29 is 17.9 Å². The molecule has 1 aromatic heterocycles. The van der Waals surface area contributed by atoms with Gasteiger partial charge in [0.05, 0.1) is 7.11 Å². The number of carbonyl (C=O) groups is 1. The van der Waals surface area contributed by atoms with Gasteiger partial charge in [0.25, 0.3) is 5.91 Å². The molecule has 0 aliphatic carbocycles. The molecule has 1 heterocycles. The number of aromatic nitrogens is 3. The Labute approximate surface area is 175 Å². The van der Waals surface area contributed by atoms with Crippen molar-refractivity contribution >= 4 is 28.1 Å². The second-order valence-corrected chi connectivity index (χ2v) is 9.45. The molecule has 0 saturated carbocycles. The van der Waals surface area contributed by atoms with E-state index in [1.807, 2.05) is 11.5 Å². The Kier molecular flexibility index (Phi) is 7.20. The molecule has 1 amide bonds. The van der Waals surface area contributed by atoms with Gasteiger partial charge in [-0.1, -0.05) is 0 Å². The largest absolute Gasteiger partial charge is 0.495 e. The zero-order valence-electron chi connectivity index (χ0n) is 17.2. The Bertz CT molecular complexity index is 1040. The first-order valence-corrected chi connectivity index (χ1v) is 11.0. The van der Waals surface area contributed by atoms with Crippen molar-refractivity contribution in [1.29, 1.82) is 0 Å². The monoisotopic (exact) mass is 441 g/mol. The third kappa shape index (κ3) is 5.87. The summed E-state index contributed by atoms with van der Waals surface area (Å²) in [5.41, 5.74) is -0.460. The molecule has 160 valence electrons. The molecule has 2 rings (SSSR count).